The Hall–Kier alpha value is -2.13. The van der Waals surface area contributed by atoms with Gasteiger partial charge in [0, 0.05) is 7.05 Å². The van der Waals surface area contributed by atoms with Crippen molar-refractivity contribution >= 4 is 9.84 Å². The molecule has 1 aromatic heterocycles. The molecule has 0 bridgehead atoms. The van der Waals surface area contributed by atoms with Crippen molar-refractivity contribution in [3.8, 4) is 6.07 Å². The molecule has 0 saturated heterocycles. The largest absolute Gasteiger partial charge is 0.336 e. The summed E-state index contributed by atoms with van der Waals surface area (Å²) in [5.74, 6) is 0. The average molecular weight is 261 g/mol. The summed E-state index contributed by atoms with van der Waals surface area (Å²) in [6, 6.07) is 9.79. The Labute approximate surface area is 105 Å². The molecule has 0 aliphatic rings. The summed E-state index contributed by atoms with van der Waals surface area (Å²) in [6.45, 7) is 0. The number of hydrogen-bond acceptors (Lipinski definition) is 4. The van der Waals surface area contributed by atoms with Crippen LogP contribution >= 0.6 is 0 Å². The number of hydrogen-bond donors (Lipinski definition) is 0. The van der Waals surface area contributed by atoms with Crippen molar-refractivity contribution in [1.29, 1.82) is 5.26 Å². The molecule has 2 aromatic rings. The van der Waals surface area contributed by atoms with E-state index in [9.17, 15) is 8.42 Å². The fourth-order valence-electron chi connectivity index (χ4n) is 1.66. The van der Waals surface area contributed by atoms with E-state index in [0.717, 1.165) is 0 Å². The highest BCUT2D eigenvalue weighted by Gasteiger charge is 2.31. The molecule has 18 heavy (non-hydrogen) atoms. The lowest BCUT2D eigenvalue weighted by Crippen LogP contribution is -2.14. The second-order valence-corrected chi connectivity index (χ2v) is 5.83. The molecule has 1 heterocycles. The number of aryl methyl sites for hydroxylation is 1. The summed E-state index contributed by atoms with van der Waals surface area (Å²) >= 11 is 0. The predicted molar refractivity (Wildman–Crippen MR) is 65.2 cm³/mol. The summed E-state index contributed by atoms with van der Waals surface area (Å²) in [7, 11) is -2.06. The van der Waals surface area contributed by atoms with Crippen LogP contribution in [-0.4, -0.2) is 18.0 Å². The van der Waals surface area contributed by atoms with Crippen LogP contribution in [0.4, 0.5) is 0 Å². The van der Waals surface area contributed by atoms with E-state index < -0.39 is 15.1 Å². The average Bonchev–Trinajstić information content (AvgIpc) is 2.78. The van der Waals surface area contributed by atoms with E-state index in [1.807, 2.05) is 6.07 Å². The molecule has 0 aliphatic heterocycles. The zero-order valence-electron chi connectivity index (χ0n) is 9.69. The van der Waals surface area contributed by atoms with Gasteiger partial charge in [-0.3, -0.25) is 0 Å². The van der Waals surface area contributed by atoms with Crippen LogP contribution < -0.4 is 0 Å². The highest BCUT2D eigenvalue weighted by Crippen LogP contribution is 2.27. The Kier molecular flexibility index (Phi) is 3.17. The lowest BCUT2D eigenvalue weighted by molar-refractivity contribution is 0.588. The van der Waals surface area contributed by atoms with Gasteiger partial charge >= 0.3 is 0 Å². The van der Waals surface area contributed by atoms with Crippen molar-refractivity contribution in [1.82, 2.24) is 9.55 Å². The quantitative estimate of drug-likeness (QED) is 0.838. The summed E-state index contributed by atoms with van der Waals surface area (Å²) in [5.41, 5.74) is 0.362. The monoisotopic (exact) mass is 261 g/mol. The molecule has 1 unspecified atom stereocenters. The Morgan fingerprint density at radius 2 is 2.00 bits per heavy atom. The highest BCUT2D eigenvalue weighted by molar-refractivity contribution is 7.92. The molecule has 6 heteroatoms. The number of imidazole rings is 1. The van der Waals surface area contributed by atoms with E-state index >= 15 is 0 Å². The normalized spacial score (nSPS) is 12.9. The highest BCUT2D eigenvalue weighted by atomic mass is 32.2. The fourth-order valence-corrected chi connectivity index (χ4v) is 3.15. The smallest absolute Gasteiger partial charge is 0.200 e. The van der Waals surface area contributed by atoms with Crippen LogP contribution in [0.3, 0.4) is 0 Å². The standard InChI is InChI=1S/C12H11N3O2S/c1-15-9-14-8-11(15)12(7-13)18(16,17)10-5-3-2-4-6-10/h2-6,8-9,12H,1H3. The van der Waals surface area contributed by atoms with E-state index in [1.165, 1.54) is 29.2 Å². The van der Waals surface area contributed by atoms with Crippen molar-refractivity contribution in [3.05, 3.63) is 48.5 Å². The first-order valence-corrected chi connectivity index (χ1v) is 6.77. The molecule has 5 nitrogen and oxygen atoms in total. The van der Waals surface area contributed by atoms with Gasteiger partial charge in [0.25, 0.3) is 0 Å². The van der Waals surface area contributed by atoms with Crippen molar-refractivity contribution in [2.75, 3.05) is 0 Å². The summed E-state index contributed by atoms with van der Waals surface area (Å²) in [4.78, 5) is 3.98. The molecule has 0 radical (unpaired) electrons. The van der Waals surface area contributed by atoms with Crippen LogP contribution in [0, 0.1) is 11.3 Å². The molecule has 0 N–H and O–H groups in total. The number of aromatic nitrogens is 2. The first kappa shape index (κ1) is 12.3. The number of nitriles is 1. The van der Waals surface area contributed by atoms with Gasteiger partial charge in [0.05, 0.1) is 29.2 Å². The maximum absolute atomic E-state index is 12.4. The molecule has 1 aromatic carbocycles. The second-order valence-electron chi connectivity index (χ2n) is 3.80. The van der Waals surface area contributed by atoms with Gasteiger partial charge < -0.3 is 4.57 Å². The molecule has 0 amide bonds. The van der Waals surface area contributed by atoms with E-state index in [1.54, 1.807) is 25.2 Å². The Morgan fingerprint density at radius 1 is 1.33 bits per heavy atom. The molecule has 92 valence electrons. The molecule has 0 saturated carbocycles. The summed E-state index contributed by atoms with van der Waals surface area (Å²) in [5, 5.41) is 7.91. The topological polar surface area (TPSA) is 75.8 Å². The van der Waals surface area contributed by atoms with Gasteiger partial charge in [-0.15, -0.1) is 0 Å². The van der Waals surface area contributed by atoms with Crippen molar-refractivity contribution in [3.63, 3.8) is 0 Å². The van der Waals surface area contributed by atoms with Crippen LogP contribution in [0.2, 0.25) is 0 Å². The van der Waals surface area contributed by atoms with Crippen LogP contribution in [0.5, 0.6) is 0 Å². The molecule has 0 spiro atoms. The van der Waals surface area contributed by atoms with E-state index in [4.69, 9.17) is 5.26 Å². The summed E-state index contributed by atoms with van der Waals surface area (Å²) in [6.07, 6.45) is 2.87. The second kappa shape index (κ2) is 4.63. The van der Waals surface area contributed by atoms with Crippen LogP contribution in [0.1, 0.15) is 10.9 Å². The minimum absolute atomic E-state index is 0.137. The first-order chi connectivity index (χ1) is 8.57. The third kappa shape index (κ3) is 2.00. The van der Waals surface area contributed by atoms with Crippen molar-refractivity contribution in [2.45, 2.75) is 10.1 Å². The van der Waals surface area contributed by atoms with Crippen molar-refractivity contribution < 1.29 is 8.42 Å². The number of rotatable bonds is 3. The molecule has 0 aliphatic carbocycles. The zero-order chi connectivity index (χ0) is 13.2. The van der Waals surface area contributed by atoms with Gasteiger partial charge in [-0.2, -0.15) is 5.26 Å². The van der Waals surface area contributed by atoms with Gasteiger partial charge in [-0.05, 0) is 12.1 Å². The number of sulfone groups is 1. The Bertz CT molecular complexity index is 684. The van der Waals surface area contributed by atoms with Crippen molar-refractivity contribution in [2.24, 2.45) is 7.05 Å². The van der Waals surface area contributed by atoms with Gasteiger partial charge in [0.1, 0.15) is 0 Å². The Morgan fingerprint density at radius 3 is 2.50 bits per heavy atom. The SMILES string of the molecule is Cn1cncc1C(C#N)S(=O)(=O)c1ccccc1. The Balaban J connectivity index is 2.54. The van der Waals surface area contributed by atoms with Crippen LogP contribution in [0.25, 0.3) is 0 Å². The molecular formula is C12H11N3O2S. The van der Waals surface area contributed by atoms with Gasteiger partial charge in [0.15, 0.2) is 15.1 Å². The van der Waals surface area contributed by atoms with E-state index in [0.29, 0.717) is 5.69 Å². The van der Waals surface area contributed by atoms with Gasteiger partial charge in [-0.1, -0.05) is 18.2 Å². The fraction of sp³-hybridized carbons (Fsp3) is 0.167. The zero-order valence-corrected chi connectivity index (χ0v) is 10.5. The lowest BCUT2D eigenvalue weighted by Gasteiger charge is -2.11. The molecule has 0 fully saturated rings. The lowest BCUT2D eigenvalue weighted by atomic mass is 10.3. The third-order valence-corrected chi connectivity index (χ3v) is 4.52. The van der Waals surface area contributed by atoms with Crippen LogP contribution in [-0.2, 0) is 16.9 Å². The van der Waals surface area contributed by atoms with Crippen LogP contribution in [0.15, 0.2) is 47.8 Å². The van der Waals surface area contributed by atoms with E-state index in [2.05, 4.69) is 4.98 Å². The maximum Gasteiger partial charge on any atom is 0.200 e. The first-order valence-electron chi connectivity index (χ1n) is 5.22. The van der Waals surface area contributed by atoms with Gasteiger partial charge in [0.2, 0.25) is 0 Å². The predicted octanol–water partition coefficient (Wildman–Crippen LogP) is 1.46. The summed E-state index contributed by atoms with van der Waals surface area (Å²) < 4.78 is 26.2. The molecule has 2 rings (SSSR count). The minimum atomic E-state index is -3.72. The molecule has 1 atom stereocenters. The maximum atomic E-state index is 12.4. The number of nitrogens with zero attached hydrogens (tertiary/aromatic N) is 3. The van der Waals surface area contributed by atoms with Gasteiger partial charge in [-0.25, -0.2) is 13.4 Å². The molecular weight excluding hydrogens is 250 g/mol. The number of benzene rings is 1. The van der Waals surface area contributed by atoms with E-state index in [-0.39, 0.29) is 4.90 Å². The minimum Gasteiger partial charge on any atom is -0.336 e. The third-order valence-electron chi connectivity index (χ3n) is 2.62.